The highest BCUT2D eigenvalue weighted by Gasteiger charge is 2.55. The number of allylic oxidation sites excluding steroid dienone is 9. The molecule has 0 heterocycles. The van der Waals surface area contributed by atoms with Gasteiger partial charge in [0.2, 0.25) is 0 Å². The SMILES string of the molecule is C=C(C)C1=CC=CC23CC2C=CC=C13.CC. The highest BCUT2D eigenvalue weighted by molar-refractivity contribution is 5.60. The molecule has 0 aliphatic heterocycles. The van der Waals surface area contributed by atoms with E-state index < -0.39 is 0 Å². The number of hydrogen-bond acceptors (Lipinski definition) is 0. The first kappa shape index (κ1) is 11.2. The molecule has 1 fully saturated rings. The summed E-state index contributed by atoms with van der Waals surface area (Å²) < 4.78 is 0. The van der Waals surface area contributed by atoms with Crippen molar-refractivity contribution in [1.82, 2.24) is 0 Å². The third-order valence-electron chi connectivity index (χ3n) is 3.57. The van der Waals surface area contributed by atoms with E-state index in [1.54, 1.807) is 0 Å². The van der Waals surface area contributed by atoms with Crippen molar-refractivity contribution in [3.63, 3.8) is 0 Å². The van der Waals surface area contributed by atoms with E-state index >= 15 is 0 Å². The van der Waals surface area contributed by atoms with Crippen molar-refractivity contribution >= 4 is 0 Å². The zero-order chi connectivity index (χ0) is 11.8. The molecule has 3 aliphatic rings. The lowest BCUT2D eigenvalue weighted by Crippen LogP contribution is -2.12. The van der Waals surface area contributed by atoms with Crippen molar-refractivity contribution in [3.8, 4) is 0 Å². The molecule has 1 spiro atoms. The Bertz CT molecular complexity index is 429. The molecule has 3 aliphatic carbocycles. The Morgan fingerprint density at radius 3 is 2.75 bits per heavy atom. The second-order valence-electron chi connectivity index (χ2n) is 4.54. The summed E-state index contributed by atoms with van der Waals surface area (Å²) >= 11 is 0. The highest BCUT2D eigenvalue weighted by Crippen LogP contribution is 2.64. The smallest absolute Gasteiger partial charge is 0.0210 e. The van der Waals surface area contributed by atoms with E-state index in [-0.39, 0.29) is 0 Å². The molecule has 1 saturated carbocycles. The van der Waals surface area contributed by atoms with Crippen LogP contribution in [-0.4, -0.2) is 0 Å². The highest BCUT2D eigenvalue weighted by atomic mass is 14.6. The number of rotatable bonds is 1. The van der Waals surface area contributed by atoms with Gasteiger partial charge < -0.3 is 0 Å². The van der Waals surface area contributed by atoms with Gasteiger partial charge in [-0.3, -0.25) is 0 Å². The maximum Gasteiger partial charge on any atom is 0.0210 e. The van der Waals surface area contributed by atoms with Crippen molar-refractivity contribution in [1.29, 1.82) is 0 Å². The van der Waals surface area contributed by atoms with Gasteiger partial charge in [0.25, 0.3) is 0 Å². The van der Waals surface area contributed by atoms with Crippen LogP contribution in [0.25, 0.3) is 0 Å². The van der Waals surface area contributed by atoms with E-state index in [0.29, 0.717) is 5.41 Å². The fourth-order valence-electron chi connectivity index (χ4n) is 2.70. The topological polar surface area (TPSA) is 0 Å². The molecule has 0 saturated heterocycles. The summed E-state index contributed by atoms with van der Waals surface area (Å²) in [4.78, 5) is 0. The van der Waals surface area contributed by atoms with E-state index in [1.807, 2.05) is 13.8 Å². The zero-order valence-electron chi connectivity index (χ0n) is 10.5. The molecule has 16 heavy (non-hydrogen) atoms. The Balaban J connectivity index is 0.000000457. The summed E-state index contributed by atoms with van der Waals surface area (Å²) in [6.07, 6.45) is 14.8. The van der Waals surface area contributed by atoms with Crippen molar-refractivity contribution < 1.29 is 0 Å². The first-order chi connectivity index (χ1) is 7.74. The second kappa shape index (κ2) is 3.93. The largest absolute Gasteiger partial charge is 0.0955 e. The first-order valence-electron chi connectivity index (χ1n) is 6.19. The molecule has 0 aromatic rings. The molecule has 0 amide bonds. The summed E-state index contributed by atoms with van der Waals surface area (Å²) in [5, 5.41) is 0. The van der Waals surface area contributed by atoms with E-state index in [4.69, 9.17) is 0 Å². The van der Waals surface area contributed by atoms with Crippen LogP contribution >= 0.6 is 0 Å². The summed E-state index contributed by atoms with van der Waals surface area (Å²) in [5.41, 5.74) is 4.37. The molecule has 0 radical (unpaired) electrons. The van der Waals surface area contributed by atoms with Gasteiger partial charge in [-0.05, 0) is 30.4 Å². The summed E-state index contributed by atoms with van der Waals surface area (Å²) in [7, 11) is 0. The predicted molar refractivity (Wildman–Crippen MR) is 71.1 cm³/mol. The van der Waals surface area contributed by atoms with Gasteiger partial charge in [0, 0.05) is 5.41 Å². The minimum Gasteiger partial charge on any atom is -0.0955 e. The lowest BCUT2D eigenvalue weighted by molar-refractivity contribution is 0.726. The lowest BCUT2D eigenvalue weighted by Gasteiger charge is -2.25. The van der Waals surface area contributed by atoms with Gasteiger partial charge in [-0.25, -0.2) is 0 Å². The molecule has 84 valence electrons. The molecular weight excluding hydrogens is 192 g/mol. The Hall–Kier alpha value is -1.30. The van der Waals surface area contributed by atoms with Crippen LogP contribution in [0.1, 0.15) is 27.2 Å². The Morgan fingerprint density at radius 2 is 2.06 bits per heavy atom. The third-order valence-corrected chi connectivity index (χ3v) is 3.57. The van der Waals surface area contributed by atoms with Crippen LogP contribution in [0.3, 0.4) is 0 Å². The van der Waals surface area contributed by atoms with Gasteiger partial charge in [-0.15, -0.1) is 0 Å². The van der Waals surface area contributed by atoms with Gasteiger partial charge in [-0.2, -0.15) is 0 Å². The Morgan fingerprint density at radius 1 is 1.31 bits per heavy atom. The van der Waals surface area contributed by atoms with Crippen LogP contribution in [0.4, 0.5) is 0 Å². The molecule has 0 bridgehead atoms. The normalized spacial score (nSPS) is 32.6. The van der Waals surface area contributed by atoms with Crippen LogP contribution in [0.5, 0.6) is 0 Å². The van der Waals surface area contributed by atoms with Crippen LogP contribution in [0.2, 0.25) is 0 Å². The summed E-state index contributed by atoms with van der Waals surface area (Å²) in [6.45, 7) is 10.1. The molecule has 0 aromatic carbocycles. The molecule has 0 heteroatoms. The Kier molecular flexibility index (Phi) is 2.75. The van der Waals surface area contributed by atoms with Gasteiger partial charge in [0.05, 0.1) is 0 Å². The molecule has 0 nitrogen and oxygen atoms in total. The molecule has 2 atom stereocenters. The number of hydrogen-bond donors (Lipinski definition) is 0. The predicted octanol–water partition coefficient (Wildman–Crippen LogP) is 4.59. The maximum absolute atomic E-state index is 4.05. The average molecular weight is 212 g/mol. The van der Waals surface area contributed by atoms with Crippen molar-refractivity contribution in [2.24, 2.45) is 11.3 Å². The van der Waals surface area contributed by atoms with Gasteiger partial charge in [0.15, 0.2) is 0 Å². The average Bonchev–Trinajstić information content (AvgIpc) is 3.02. The van der Waals surface area contributed by atoms with E-state index in [2.05, 4.69) is 50.0 Å². The van der Waals surface area contributed by atoms with E-state index in [9.17, 15) is 0 Å². The minimum absolute atomic E-state index is 0.359. The van der Waals surface area contributed by atoms with Crippen LogP contribution in [-0.2, 0) is 0 Å². The minimum atomic E-state index is 0.359. The molecular formula is C16H20. The van der Waals surface area contributed by atoms with Crippen LogP contribution in [0.15, 0.2) is 59.8 Å². The maximum atomic E-state index is 4.05. The quantitative estimate of drug-likeness (QED) is 0.596. The molecule has 3 rings (SSSR count). The van der Waals surface area contributed by atoms with Crippen molar-refractivity contribution in [2.75, 3.05) is 0 Å². The van der Waals surface area contributed by atoms with Crippen LogP contribution < -0.4 is 0 Å². The Labute approximate surface area is 98.8 Å². The monoisotopic (exact) mass is 212 g/mol. The fourth-order valence-corrected chi connectivity index (χ4v) is 2.70. The van der Waals surface area contributed by atoms with E-state index in [1.165, 1.54) is 23.1 Å². The summed E-state index contributed by atoms with van der Waals surface area (Å²) in [5.74, 6) is 0.752. The first-order valence-corrected chi connectivity index (χ1v) is 6.19. The van der Waals surface area contributed by atoms with Gasteiger partial charge in [0.1, 0.15) is 0 Å². The zero-order valence-corrected chi connectivity index (χ0v) is 10.5. The molecule has 2 unspecified atom stereocenters. The van der Waals surface area contributed by atoms with Gasteiger partial charge in [-0.1, -0.05) is 62.5 Å². The molecule has 0 aromatic heterocycles. The summed E-state index contributed by atoms with van der Waals surface area (Å²) in [6, 6.07) is 0. The fraction of sp³-hybridized carbons (Fsp3) is 0.375. The lowest BCUT2D eigenvalue weighted by atomic mass is 9.79. The van der Waals surface area contributed by atoms with E-state index in [0.717, 1.165) is 5.92 Å². The second-order valence-corrected chi connectivity index (χ2v) is 4.54. The van der Waals surface area contributed by atoms with Crippen LogP contribution in [0, 0.1) is 11.3 Å². The third kappa shape index (κ3) is 1.44. The van der Waals surface area contributed by atoms with Gasteiger partial charge >= 0.3 is 0 Å². The molecule has 0 N–H and O–H groups in total. The van der Waals surface area contributed by atoms with Crippen molar-refractivity contribution in [2.45, 2.75) is 27.2 Å². The van der Waals surface area contributed by atoms with Crippen molar-refractivity contribution in [3.05, 3.63) is 59.8 Å². The standard InChI is InChI=1S/C14H14.C2H6/c1-10(2)12-6-4-8-14-9-11(14)5-3-7-13(12)14;1-2/h3-8,11H,1,9H2,2H3;1-2H3.